The summed E-state index contributed by atoms with van der Waals surface area (Å²) in [5.41, 5.74) is 13.0. The highest BCUT2D eigenvalue weighted by Crippen LogP contribution is 2.35. The van der Waals surface area contributed by atoms with Crippen molar-refractivity contribution in [3.8, 4) is 11.3 Å². The first-order chi connectivity index (χ1) is 19.0. The Morgan fingerprint density at radius 2 is 1.88 bits per heavy atom. The highest BCUT2D eigenvalue weighted by molar-refractivity contribution is 5.81. The minimum atomic E-state index is -3.01. The first-order valence-corrected chi connectivity index (χ1v) is 12.5. The smallest absolute Gasteiger partial charge is 0.266 e. The molecule has 0 bridgehead atoms. The third kappa shape index (κ3) is 5.04. The van der Waals surface area contributed by atoms with E-state index >= 15 is 0 Å². The second kappa shape index (κ2) is 10.6. The number of nitrogen functional groups attached to an aromatic ring is 1. The second-order valence-electron chi connectivity index (χ2n) is 10.0. The maximum absolute atomic E-state index is 14.5. The molecule has 1 aromatic carbocycles. The third-order valence-corrected chi connectivity index (χ3v) is 7.31. The summed E-state index contributed by atoms with van der Waals surface area (Å²) in [5.74, 6) is -0.865. The molecule has 9 nitrogen and oxygen atoms in total. The number of fused-ring (bicyclic) bond motifs is 1. The molecule has 0 unspecified atom stereocenters. The van der Waals surface area contributed by atoms with Crippen LogP contribution in [0.25, 0.3) is 22.4 Å². The number of rotatable bonds is 7. The summed E-state index contributed by atoms with van der Waals surface area (Å²) in [4.78, 5) is 18.7. The highest BCUT2D eigenvalue weighted by atomic mass is 19.3. The van der Waals surface area contributed by atoms with Gasteiger partial charge in [0, 0.05) is 18.7 Å². The van der Waals surface area contributed by atoms with Crippen LogP contribution >= 0.6 is 0 Å². The van der Waals surface area contributed by atoms with E-state index in [9.17, 15) is 27.1 Å². The molecule has 5 rings (SSSR count). The van der Waals surface area contributed by atoms with E-state index in [2.05, 4.69) is 19.9 Å². The van der Waals surface area contributed by atoms with Gasteiger partial charge in [-0.25, -0.2) is 36.9 Å². The van der Waals surface area contributed by atoms with E-state index in [4.69, 9.17) is 11.5 Å². The van der Waals surface area contributed by atoms with Gasteiger partial charge >= 0.3 is 0 Å². The Kier molecular flexibility index (Phi) is 7.31. The normalized spacial score (nSPS) is 18.7. The van der Waals surface area contributed by atoms with E-state index in [1.165, 1.54) is 18.9 Å². The van der Waals surface area contributed by atoms with Gasteiger partial charge in [0.05, 0.1) is 41.6 Å². The lowest BCUT2D eigenvalue weighted by atomic mass is 9.84. The Morgan fingerprint density at radius 3 is 2.60 bits per heavy atom. The summed E-state index contributed by atoms with van der Waals surface area (Å²) < 4.78 is 69.5. The van der Waals surface area contributed by atoms with Gasteiger partial charge in [0.25, 0.3) is 12.9 Å². The highest BCUT2D eigenvalue weighted by Gasteiger charge is 2.43. The van der Waals surface area contributed by atoms with Crippen molar-refractivity contribution in [2.45, 2.75) is 50.8 Å². The number of anilines is 2. The molecular weight excluding hydrogens is 535 g/mol. The van der Waals surface area contributed by atoms with Gasteiger partial charge < -0.3 is 26.0 Å². The molecule has 0 saturated carbocycles. The number of imidazole rings is 1. The number of halogens is 5. The van der Waals surface area contributed by atoms with Gasteiger partial charge in [-0.15, -0.1) is 0 Å². The number of pyridine rings is 1. The van der Waals surface area contributed by atoms with Gasteiger partial charge in [0.2, 0.25) is 0 Å². The van der Waals surface area contributed by atoms with Crippen LogP contribution in [0.4, 0.5) is 33.5 Å². The minimum absolute atomic E-state index is 0.0664. The number of nitrogens with zero attached hydrogens (tertiary/aromatic N) is 6. The molecule has 1 saturated heterocycles. The molecule has 0 radical (unpaired) electrons. The van der Waals surface area contributed by atoms with Crippen molar-refractivity contribution in [3.05, 3.63) is 59.6 Å². The van der Waals surface area contributed by atoms with Crippen molar-refractivity contribution in [2.24, 2.45) is 5.73 Å². The standard InChI is InChI=1S/C26H27F5N8O/c1-13-5-16(22(28)29)17(27)7-15(13)18-6-14(9-39-12-37-20-24(32)35-11-36-25(20)39)19(8-34-18)38-4-2-3-26(33,10-38)21(40)23(30)31/h5-8,11-12,21-23,40H,2-4,9-10,33H2,1H3,(H2,32,35,36)/t21-,26+/m0/s1. The predicted octanol–water partition coefficient (Wildman–Crippen LogP) is 3.83. The number of benzene rings is 1. The van der Waals surface area contributed by atoms with Gasteiger partial charge in [-0.05, 0) is 49.1 Å². The molecule has 0 spiro atoms. The maximum Gasteiger partial charge on any atom is 0.266 e. The van der Waals surface area contributed by atoms with E-state index in [1.54, 1.807) is 22.5 Å². The Balaban J connectivity index is 1.60. The van der Waals surface area contributed by atoms with E-state index in [1.807, 2.05) is 0 Å². The molecule has 3 aromatic heterocycles. The lowest BCUT2D eigenvalue weighted by molar-refractivity contribution is -0.0529. The lowest BCUT2D eigenvalue weighted by Gasteiger charge is -2.44. The van der Waals surface area contributed by atoms with Crippen molar-refractivity contribution >= 4 is 22.7 Å². The average Bonchev–Trinajstić information content (AvgIpc) is 3.33. The van der Waals surface area contributed by atoms with E-state index in [-0.39, 0.29) is 25.3 Å². The summed E-state index contributed by atoms with van der Waals surface area (Å²) >= 11 is 0. The number of aryl methyl sites for hydroxylation is 1. The van der Waals surface area contributed by atoms with Crippen LogP contribution in [0.5, 0.6) is 0 Å². The number of piperidine rings is 1. The van der Waals surface area contributed by atoms with Gasteiger partial charge in [-0.2, -0.15) is 0 Å². The van der Waals surface area contributed by atoms with E-state index in [0.717, 1.165) is 12.1 Å². The molecule has 0 amide bonds. The molecule has 14 heteroatoms. The fourth-order valence-corrected chi connectivity index (χ4v) is 5.20. The van der Waals surface area contributed by atoms with Crippen molar-refractivity contribution in [2.75, 3.05) is 23.7 Å². The van der Waals surface area contributed by atoms with E-state index < -0.39 is 35.9 Å². The molecule has 4 aromatic rings. The zero-order valence-electron chi connectivity index (χ0n) is 21.4. The minimum Gasteiger partial charge on any atom is -0.385 e. The Morgan fingerprint density at radius 1 is 1.10 bits per heavy atom. The SMILES string of the molecule is Cc1cc(C(F)F)c(F)cc1-c1cc(Cn2cnc3c(N)ncnc32)c(N2CCC[C@](N)([C@@H](O)C(F)F)C2)cn1. The average molecular weight is 563 g/mol. The monoisotopic (exact) mass is 562 g/mol. The molecule has 1 aliphatic heterocycles. The first kappa shape index (κ1) is 27.6. The predicted molar refractivity (Wildman–Crippen MR) is 139 cm³/mol. The van der Waals surface area contributed by atoms with E-state index in [0.29, 0.717) is 52.2 Å². The van der Waals surface area contributed by atoms with Crippen LogP contribution in [0.1, 0.15) is 36.0 Å². The van der Waals surface area contributed by atoms with Crippen LogP contribution in [-0.2, 0) is 6.54 Å². The van der Waals surface area contributed by atoms with Gasteiger partial charge in [0.15, 0.2) is 11.5 Å². The van der Waals surface area contributed by atoms with Crippen LogP contribution in [0, 0.1) is 12.7 Å². The number of hydrogen-bond acceptors (Lipinski definition) is 8. The number of aromatic nitrogens is 5. The number of aliphatic hydroxyl groups is 1. The van der Waals surface area contributed by atoms with Crippen molar-refractivity contribution < 1.29 is 27.1 Å². The quantitative estimate of drug-likeness (QED) is 0.290. The molecule has 5 N–H and O–H groups in total. The maximum atomic E-state index is 14.5. The zero-order chi connectivity index (χ0) is 28.8. The van der Waals surface area contributed by atoms with Crippen molar-refractivity contribution in [1.82, 2.24) is 24.5 Å². The Bertz CT molecular complexity index is 1550. The lowest BCUT2D eigenvalue weighted by Crippen LogP contribution is -2.63. The molecule has 1 fully saturated rings. The Hall–Kier alpha value is -3.91. The molecule has 0 aliphatic carbocycles. The molecule has 4 heterocycles. The summed E-state index contributed by atoms with van der Waals surface area (Å²) in [5, 5.41) is 10.2. The summed E-state index contributed by atoms with van der Waals surface area (Å²) in [6.07, 6.45) is -3.04. The summed E-state index contributed by atoms with van der Waals surface area (Å²) in [6, 6.07) is 3.78. The zero-order valence-corrected chi connectivity index (χ0v) is 21.4. The molecule has 212 valence electrons. The second-order valence-corrected chi connectivity index (χ2v) is 10.0. The van der Waals surface area contributed by atoms with Gasteiger partial charge in [0.1, 0.15) is 23.8 Å². The number of aliphatic hydroxyl groups excluding tert-OH is 1. The van der Waals surface area contributed by atoms with Crippen LogP contribution in [0.15, 0.2) is 37.1 Å². The van der Waals surface area contributed by atoms with Crippen LogP contribution in [-0.4, -0.2) is 60.8 Å². The fourth-order valence-electron chi connectivity index (χ4n) is 5.20. The number of alkyl halides is 4. The topological polar surface area (TPSA) is 132 Å². The molecular formula is C26H27F5N8O. The van der Waals surface area contributed by atoms with Crippen LogP contribution < -0.4 is 16.4 Å². The van der Waals surface area contributed by atoms with Gasteiger partial charge in [-0.1, -0.05) is 0 Å². The third-order valence-electron chi connectivity index (χ3n) is 7.31. The number of hydrogen-bond donors (Lipinski definition) is 3. The molecule has 2 atom stereocenters. The summed E-state index contributed by atoms with van der Waals surface area (Å²) in [6.45, 7) is 2.14. The molecule has 1 aliphatic rings. The van der Waals surface area contributed by atoms with Gasteiger partial charge in [-0.3, -0.25) is 4.98 Å². The molecule has 40 heavy (non-hydrogen) atoms. The van der Waals surface area contributed by atoms with Crippen molar-refractivity contribution in [1.29, 1.82) is 0 Å². The largest absolute Gasteiger partial charge is 0.385 e. The summed E-state index contributed by atoms with van der Waals surface area (Å²) in [7, 11) is 0. The van der Waals surface area contributed by atoms with Crippen LogP contribution in [0.2, 0.25) is 0 Å². The fraction of sp³-hybridized carbons (Fsp3) is 0.385. The van der Waals surface area contributed by atoms with Crippen LogP contribution in [0.3, 0.4) is 0 Å². The number of nitrogens with two attached hydrogens (primary N) is 2. The Labute approximate surface area is 225 Å². The first-order valence-electron chi connectivity index (χ1n) is 12.5. The van der Waals surface area contributed by atoms with Crippen molar-refractivity contribution in [3.63, 3.8) is 0 Å².